The van der Waals surface area contributed by atoms with Gasteiger partial charge in [0.05, 0.1) is 25.8 Å². The first-order chi connectivity index (χ1) is 16.0. The summed E-state index contributed by atoms with van der Waals surface area (Å²) in [4.78, 5) is 26.7. The van der Waals surface area contributed by atoms with Crippen molar-refractivity contribution in [3.63, 3.8) is 0 Å². The molecule has 0 aliphatic carbocycles. The fourth-order valence-electron chi connectivity index (χ4n) is 3.75. The molecule has 1 aromatic carbocycles. The highest BCUT2D eigenvalue weighted by atomic mass is 35.5. The number of aromatic nitrogens is 3. The predicted octanol–water partition coefficient (Wildman–Crippen LogP) is 3.45. The van der Waals surface area contributed by atoms with Crippen LogP contribution >= 0.6 is 11.6 Å². The third-order valence-corrected chi connectivity index (χ3v) is 5.80. The Balaban J connectivity index is 1.62. The van der Waals surface area contributed by atoms with Crippen LogP contribution in [0.1, 0.15) is 47.7 Å². The number of hydroxylamine groups is 2. The van der Waals surface area contributed by atoms with Gasteiger partial charge in [-0.2, -0.15) is 5.06 Å². The van der Waals surface area contributed by atoms with Crippen LogP contribution in [0.4, 0.5) is 0 Å². The van der Waals surface area contributed by atoms with E-state index in [1.165, 1.54) is 6.07 Å². The molecule has 33 heavy (non-hydrogen) atoms. The molecule has 4 rings (SSSR count). The number of rotatable bonds is 11. The van der Waals surface area contributed by atoms with E-state index < -0.39 is 12.1 Å². The SMILES string of the molecule is CCCN(Cc1nc2ccc(C(=O)O)nc2n1C[C@@H]1CCO1)O[C@@H](CO)c1ccc(Cl)cc1. The maximum atomic E-state index is 11.4. The van der Waals surface area contributed by atoms with Crippen LogP contribution in [0.3, 0.4) is 0 Å². The van der Waals surface area contributed by atoms with Gasteiger partial charge in [0.1, 0.15) is 17.4 Å². The summed E-state index contributed by atoms with van der Waals surface area (Å²) in [5.41, 5.74) is 1.90. The minimum atomic E-state index is -1.09. The van der Waals surface area contributed by atoms with Gasteiger partial charge in [0.25, 0.3) is 0 Å². The molecule has 0 bridgehead atoms. The average Bonchev–Trinajstić information content (AvgIpc) is 3.11. The monoisotopic (exact) mass is 474 g/mol. The number of aliphatic hydroxyl groups excluding tert-OH is 1. The van der Waals surface area contributed by atoms with Crippen molar-refractivity contribution in [1.29, 1.82) is 0 Å². The van der Waals surface area contributed by atoms with Gasteiger partial charge in [0.15, 0.2) is 11.3 Å². The highest BCUT2D eigenvalue weighted by Crippen LogP contribution is 2.24. The summed E-state index contributed by atoms with van der Waals surface area (Å²) < 4.78 is 7.52. The van der Waals surface area contributed by atoms with Crippen LogP contribution in [-0.2, 0) is 22.7 Å². The number of halogens is 1. The second kappa shape index (κ2) is 10.6. The van der Waals surface area contributed by atoms with Crippen LogP contribution in [-0.4, -0.2) is 61.6 Å². The van der Waals surface area contributed by atoms with Crippen LogP contribution in [0.15, 0.2) is 36.4 Å². The van der Waals surface area contributed by atoms with Crippen LogP contribution in [0, 0.1) is 0 Å². The van der Waals surface area contributed by atoms with E-state index in [9.17, 15) is 15.0 Å². The van der Waals surface area contributed by atoms with Crippen molar-refractivity contribution < 1.29 is 24.6 Å². The number of ether oxygens (including phenoxy) is 1. The second-order valence-corrected chi connectivity index (χ2v) is 8.39. The van der Waals surface area contributed by atoms with Gasteiger partial charge in [-0.05, 0) is 42.7 Å². The summed E-state index contributed by atoms with van der Waals surface area (Å²) in [7, 11) is 0. The lowest BCUT2D eigenvalue weighted by atomic mass is 10.1. The summed E-state index contributed by atoms with van der Waals surface area (Å²) in [5, 5.41) is 21.7. The number of benzene rings is 1. The fourth-order valence-corrected chi connectivity index (χ4v) is 3.87. The third-order valence-electron chi connectivity index (χ3n) is 5.54. The number of aromatic carboxylic acids is 1. The molecule has 1 aliphatic heterocycles. The molecule has 0 unspecified atom stereocenters. The van der Waals surface area contributed by atoms with Crippen molar-refractivity contribution in [2.45, 2.75) is 45.1 Å². The van der Waals surface area contributed by atoms with Gasteiger partial charge in [-0.3, -0.25) is 4.84 Å². The van der Waals surface area contributed by atoms with E-state index in [0.717, 1.165) is 18.4 Å². The van der Waals surface area contributed by atoms with Crippen LogP contribution in [0.5, 0.6) is 0 Å². The maximum Gasteiger partial charge on any atom is 0.354 e. The Labute approximate surface area is 196 Å². The molecule has 9 nitrogen and oxygen atoms in total. The van der Waals surface area contributed by atoms with Crippen molar-refractivity contribution in [2.24, 2.45) is 0 Å². The number of aliphatic hydroxyl groups is 1. The molecular weight excluding hydrogens is 448 g/mol. The van der Waals surface area contributed by atoms with Gasteiger partial charge in [-0.25, -0.2) is 14.8 Å². The van der Waals surface area contributed by atoms with E-state index >= 15 is 0 Å². The van der Waals surface area contributed by atoms with E-state index in [2.05, 4.69) is 4.98 Å². The Bertz CT molecular complexity index is 1100. The lowest BCUT2D eigenvalue weighted by Gasteiger charge is -2.29. The van der Waals surface area contributed by atoms with Gasteiger partial charge in [-0.1, -0.05) is 30.7 Å². The molecule has 3 aromatic rings. The predicted molar refractivity (Wildman–Crippen MR) is 122 cm³/mol. The van der Waals surface area contributed by atoms with E-state index in [4.69, 9.17) is 26.2 Å². The molecule has 1 saturated heterocycles. The zero-order chi connectivity index (χ0) is 23.4. The van der Waals surface area contributed by atoms with Crippen molar-refractivity contribution >= 4 is 28.7 Å². The van der Waals surface area contributed by atoms with Gasteiger partial charge in [0.2, 0.25) is 0 Å². The topological polar surface area (TPSA) is 110 Å². The number of hydrogen-bond donors (Lipinski definition) is 2. The number of carbonyl (C=O) groups is 1. The first-order valence-electron chi connectivity index (χ1n) is 11.0. The standard InChI is InChI=1S/C23H27ClN4O5/c1-2-10-27(33-20(14-29)15-3-5-16(24)6-4-15)13-21-25-18-7-8-19(23(30)31)26-22(18)28(21)12-17-9-11-32-17/h3-8,17,20,29H,2,9-14H2,1H3,(H,30,31)/t17-,20-/m0/s1. The highest BCUT2D eigenvalue weighted by Gasteiger charge is 2.25. The molecule has 1 fully saturated rings. The Morgan fingerprint density at radius 1 is 1.30 bits per heavy atom. The summed E-state index contributed by atoms with van der Waals surface area (Å²) in [6.07, 6.45) is 1.23. The molecule has 0 saturated carbocycles. The smallest absolute Gasteiger partial charge is 0.354 e. The lowest BCUT2D eigenvalue weighted by Crippen LogP contribution is -2.33. The Hall–Kier alpha value is -2.56. The quantitative estimate of drug-likeness (QED) is 0.407. The summed E-state index contributed by atoms with van der Waals surface area (Å²) in [6.45, 7) is 4.04. The zero-order valence-electron chi connectivity index (χ0n) is 18.4. The first-order valence-corrected chi connectivity index (χ1v) is 11.4. The number of nitrogens with zero attached hydrogens (tertiary/aromatic N) is 4. The van der Waals surface area contributed by atoms with E-state index in [1.807, 2.05) is 23.6 Å². The van der Waals surface area contributed by atoms with Crippen molar-refractivity contribution in [3.05, 3.63) is 58.5 Å². The normalized spacial score (nSPS) is 16.8. The maximum absolute atomic E-state index is 11.4. The molecule has 10 heteroatoms. The molecule has 0 radical (unpaired) electrons. The van der Waals surface area contributed by atoms with Crippen LogP contribution in [0.2, 0.25) is 5.02 Å². The summed E-state index contributed by atoms with van der Waals surface area (Å²) in [5.74, 6) is -0.396. The molecule has 3 heterocycles. The third kappa shape index (κ3) is 5.51. The van der Waals surface area contributed by atoms with Crippen molar-refractivity contribution in [2.75, 3.05) is 19.8 Å². The second-order valence-electron chi connectivity index (χ2n) is 7.96. The summed E-state index contributed by atoms with van der Waals surface area (Å²) in [6, 6.07) is 10.3. The molecule has 176 valence electrons. The van der Waals surface area contributed by atoms with Crippen LogP contribution in [0.25, 0.3) is 11.2 Å². The summed E-state index contributed by atoms with van der Waals surface area (Å²) >= 11 is 5.99. The molecule has 0 spiro atoms. The van der Waals surface area contributed by atoms with Gasteiger partial charge in [-0.15, -0.1) is 0 Å². The van der Waals surface area contributed by atoms with Gasteiger partial charge in [0, 0.05) is 18.2 Å². The fraction of sp³-hybridized carbons (Fsp3) is 0.435. The number of carboxylic acids is 1. The Morgan fingerprint density at radius 3 is 2.67 bits per heavy atom. The molecule has 0 amide bonds. The molecule has 2 N–H and O–H groups in total. The number of fused-ring (bicyclic) bond motifs is 1. The molecule has 1 aliphatic rings. The Kier molecular flexibility index (Phi) is 7.56. The Morgan fingerprint density at radius 2 is 2.06 bits per heavy atom. The molecular formula is C23H27ClN4O5. The first kappa shape index (κ1) is 23.6. The average molecular weight is 475 g/mol. The number of pyridine rings is 1. The molecule has 2 aromatic heterocycles. The van der Waals surface area contributed by atoms with Crippen molar-refractivity contribution in [3.8, 4) is 0 Å². The number of hydrogen-bond acceptors (Lipinski definition) is 7. The lowest BCUT2D eigenvalue weighted by molar-refractivity contribution is -0.217. The van der Waals surface area contributed by atoms with Gasteiger partial charge >= 0.3 is 5.97 Å². The minimum absolute atomic E-state index is 0.0329. The van der Waals surface area contributed by atoms with Crippen molar-refractivity contribution in [1.82, 2.24) is 19.6 Å². The van der Waals surface area contributed by atoms with E-state index in [0.29, 0.717) is 48.3 Å². The highest BCUT2D eigenvalue weighted by molar-refractivity contribution is 6.30. The van der Waals surface area contributed by atoms with E-state index in [1.54, 1.807) is 23.3 Å². The number of carboxylic acid groups (broad SMARTS) is 1. The number of imidazole rings is 1. The van der Waals surface area contributed by atoms with E-state index in [-0.39, 0.29) is 18.4 Å². The molecule has 2 atom stereocenters. The van der Waals surface area contributed by atoms with Gasteiger partial charge < -0.3 is 19.5 Å². The van der Waals surface area contributed by atoms with Crippen LogP contribution < -0.4 is 0 Å². The zero-order valence-corrected chi connectivity index (χ0v) is 19.1. The minimum Gasteiger partial charge on any atom is -0.477 e. The largest absolute Gasteiger partial charge is 0.477 e.